The molecule has 19 heavy (non-hydrogen) atoms. The summed E-state index contributed by atoms with van der Waals surface area (Å²) in [5, 5.41) is 9.01. The Balaban J connectivity index is 2.02. The Hall–Kier alpha value is -1.22. The molecular formula is C16H25NO2. The van der Waals surface area contributed by atoms with Crippen LogP contribution in [0.5, 0.6) is 5.75 Å². The van der Waals surface area contributed by atoms with E-state index in [4.69, 9.17) is 9.84 Å². The zero-order valence-corrected chi connectivity index (χ0v) is 12.0. The first-order valence-corrected chi connectivity index (χ1v) is 7.32. The van der Waals surface area contributed by atoms with E-state index >= 15 is 0 Å². The number of nitrogens with zero attached hydrogens (tertiary/aromatic N) is 1. The molecule has 1 saturated heterocycles. The molecule has 106 valence electrons. The second-order valence-electron chi connectivity index (χ2n) is 5.58. The molecule has 0 saturated carbocycles. The number of benzene rings is 1. The third-order valence-electron chi connectivity index (χ3n) is 3.72. The van der Waals surface area contributed by atoms with Crippen molar-refractivity contribution in [1.82, 2.24) is 0 Å². The van der Waals surface area contributed by atoms with Crippen LogP contribution in [0.3, 0.4) is 0 Å². The fourth-order valence-electron chi connectivity index (χ4n) is 2.72. The van der Waals surface area contributed by atoms with Crippen molar-refractivity contribution in [3.63, 3.8) is 0 Å². The molecular weight excluding hydrogens is 238 g/mol. The van der Waals surface area contributed by atoms with Gasteiger partial charge in [0.15, 0.2) is 0 Å². The maximum atomic E-state index is 9.01. The molecule has 0 radical (unpaired) electrons. The first-order valence-electron chi connectivity index (χ1n) is 7.32. The lowest BCUT2D eigenvalue weighted by Crippen LogP contribution is -2.34. The minimum Gasteiger partial charge on any atom is -0.489 e. The quantitative estimate of drug-likeness (QED) is 0.886. The zero-order valence-electron chi connectivity index (χ0n) is 12.0. The molecule has 1 aromatic rings. The van der Waals surface area contributed by atoms with Crippen molar-refractivity contribution in [1.29, 1.82) is 0 Å². The number of rotatable bonds is 5. The summed E-state index contributed by atoms with van der Waals surface area (Å²) in [4.78, 5) is 2.41. The van der Waals surface area contributed by atoms with Crippen LogP contribution in [0.2, 0.25) is 0 Å². The Morgan fingerprint density at radius 3 is 2.58 bits per heavy atom. The summed E-state index contributed by atoms with van der Waals surface area (Å²) in [6.07, 6.45) is 3.47. The molecule has 1 N–H and O–H groups in total. The number of anilines is 1. The van der Waals surface area contributed by atoms with Crippen molar-refractivity contribution in [2.45, 2.75) is 39.2 Å². The highest BCUT2D eigenvalue weighted by Crippen LogP contribution is 2.32. The van der Waals surface area contributed by atoms with Crippen LogP contribution in [0.1, 0.15) is 33.1 Å². The largest absolute Gasteiger partial charge is 0.489 e. The van der Waals surface area contributed by atoms with E-state index < -0.39 is 0 Å². The van der Waals surface area contributed by atoms with Gasteiger partial charge in [0.1, 0.15) is 5.75 Å². The molecule has 0 bridgehead atoms. The van der Waals surface area contributed by atoms with Gasteiger partial charge in [-0.1, -0.05) is 12.1 Å². The number of aliphatic hydroxyl groups is 1. The van der Waals surface area contributed by atoms with Gasteiger partial charge in [-0.05, 0) is 51.2 Å². The highest BCUT2D eigenvalue weighted by Gasteiger charge is 2.21. The van der Waals surface area contributed by atoms with Gasteiger partial charge in [0.25, 0.3) is 0 Å². The number of ether oxygens (including phenoxy) is 1. The molecule has 3 heteroatoms. The maximum absolute atomic E-state index is 9.01. The van der Waals surface area contributed by atoms with E-state index in [-0.39, 0.29) is 6.10 Å². The highest BCUT2D eigenvalue weighted by atomic mass is 16.5. The Bertz CT molecular complexity index is 384. The summed E-state index contributed by atoms with van der Waals surface area (Å²) >= 11 is 0. The summed E-state index contributed by atoms with van der Waals surface area (Å²) in [5.41, 5.74) is 1.21. The summed E-state index contributed by atoms with van der Waals surface area (Å²) in [5.74, 6) is 1.66. The third kappa shape index (κ3) is 3.87. The van der Waals surface area contributed by atoms with Crippen LogP contribution in [0.4, 0.5) is 5.69 Å². The van der Waals surface area contributed by atoms with Gasteiger partial charge in [0.05, 0.1) is 11.8 Å². The predicted molar refractivity (Wildman–Crippen MR) is 78.8 cm³/mol. The number of aliphatic hydroxyl groups excluding tert-OH is 1. The lowest BCUT2D eigenvalue weighted by molar-refractivity contribution is 0.235. The number of hydrogen-bond donors (Lipinski definition) is 1. The monoisotopic (exact) mass is 263 g/mol. The Morgan fingerprint density at radius 1 is 1.26 bits per heavy atom. The lowest BCUT2D eigenvalue weighted by Gasteiger charge is -2.34. The minimum absolute atomic E-state index is 0.202. The second-order valence-corrected chi connectivity index (χ2v) is 5.58. The van der Waals surface area contributed by atoms with Gasteiger partial charge in [-0.2, -0.15) is 0 Å². The van der Waals surface area contributed by atoms with Gasteiger partial charge >= 0.3 is 0 Å². The standard InChI is InChI=1S/C16H25NO2/c1-13(2)19-16-6-4-3-5-15(16)17-10-7-14(8-11-17)9-12-18/h3-6,13-14,18H,7-12H2,1-2H3. The van der Waals surface area contributed by atoms with Crippen molar-refractivity contribution in [3.8, 4) is 5.75 Å². The van der Waals surface area contributed by atoms with Crippen LogP contribution >= 0.6 is 0 Å². The molecule has 0 amide bonds. The van der Waals surface area contributed by atoms with E-state index in [0.29, 0.717) is 12.5 Å². The summed E-state index contributed by atoms with van der Waals surface area (Å²) in [6, 6.07) is 8.29. The van der Waals surface area contributed by atoms with Gasteiger partial charge in [-0.3, -0.25) is 0 Å². The van der Waals surface area contributed by atoms with Crippen LogP contribution in [0, 0.1) is 5.92 Å². The van der Waals surface area contributed by atoms with Crippen LogP contribution in [0.25, 0.3) is 0 Å². The van der Waals surface area contributed by atoms with Gasteiger partial charge in [-0.15, -0.1) is 0 Å². The van der Waals surface area contributed by atoms with Crippen LogP contribution in [0.15, 0.2) is 24.3 Å². The van der Waals surface area contributed by atoms with E-state index in [0.717, 1.165) is 38.1 Å². The molecule has 1 fully saturated rings. The van der Waals surface area contributed by atoms with E-state index in [1.165, 1.54) is 5.69 Å². The topological polar surface area (TPSA) is 32.7 Å². The fraction of sp³-hybridized carbons (Fsp3) is 0.625. The molecule has 1 aromatic carbocycles. The number of piperidine rings is 1. The summed E-state index contributed by atoms with van der Waals surface area (Å²) in [6.45, 7) is 6.55. The first kappa shape index (κ1) is 14.2. The average Bonchev–Trinajstić information content (AvgIpc) is 2.40. The van der Waals surface area contributed by atoms with Crippen LogP contribution in [-0.4, -0.2) is 30.9 Å². The zero-order chi connectivity index (χ0) is 13.7. The second kappa shape index (κ2) is 6.80. The summed E-state index contributed by atoms with van der Waals surface area (Å²) in [7, 11) is 0. The van der Waals surface area contributed by atoms with Gasteiger partial charge < -0.3 is 14.7 Å². The van der Waals surface area contributed by atoms with Crippen molar-refractivity contribution >= 4 is 5.69 Å². The minimum atomic E-state index is 0.202. The van der Waals surface area contributed by atoms with Crippen LogP contribution in [-0.2, 0) is 0 Å². The number of para-hydroxylation sites is 2. The molecule has 0 aliphatic carbocycles. The highest BCUT2D eigenvalue weighted by molar-refractivity contribution is 5.58. The molecule has 1 aliphatic heterocycles. The molecule has 2 rings (SSSR count). The van der Waals surface area contributed by atoms with E-state index in [2.05, 4.69) is 36.9 Å². The van der Waals surface area contributed by atoms with Gasteiger partial charge in [0, 0.05) is 19.7 Å². The average molecular weight is 263 g/mol. The first-order chi connectivity index (χ1) is 9.20. The van der Waals surface area contributed by atoms with Crippen molar-refractivity contribution in [3.05, 3.63) is 24.3 Å². The smallest absolute Gasteiger partial charge is 0.142 e. The van der Waals surface area contributed by atoms with Crippen LogP contribution < -0.4 is 9.64 Å². The third-order valence-corrected chi connectivity index (χ3v) is 3.72. The van der Waals surface area contributed by atoms with E-state index in [9.17, 15) is 0 Å². The van der Waals surface area contributed by atoms with Crippen molar-refractivity contribution < 1.29 is 9.84 Å². The Morgan fingerprint density at radius 2 is 1.95 bits per heavy atom. The molecule has 0 spiro atoms. The molecule has 1 heterocycles. The molecule has 3 nitrogen and oxygen atoms in total. The Labute approximate surface area is 116 Å². The predicted octanol–water partition coefficient (Wildman–Crippen LogP) is 3.07. The summed E-state index contributed by atoms with van der Waals surface area (Å²) < 4.78 is 5.89. The Kier molecular flexibility index (Phi) is 5.08. The van der Waals surface area contributed by atoms with Gasteiger partial charge in [-0.25, -0.2) is 0 Å². The molecule has 0 atom stereocenters. The number of hydrogen-bond acceptors (Lipinski definition) is 3. The maximum Gasteiger partial charge on any atom is 0.142 e. The fourth-order valence-corrected chi connectivity index (χ4v) is 2.72. The SMILES string of the molecule is CC(C)Oc1ccccc1N1CCC(CCO)CC1. The van der Waals surface area contributed by atoms with Gasteiger partial charge in [0.2, 0.25) is 0 Å². The molecule has 1 aliphatic rings. The lowest BCUT2D eigenvalue weighted by atomic mass is 9.93. The van der Waals surface area contributed by atoms with E-state index in [1.54, 1.807) is 0 Å². The van der Waals surface area contributed by atoms with Crippen molar-refractivity contribution in [2.75, 3.05) is 24.6 Å². The van der Waals surface area contributed by atoms with Crippen molar-refractivity contribution in [2.24, 2.45) is 5.92 Å². The molecule has 0 aromatic heterocycles. The normalized spacial score (nSPS) is 16.9. The van der Waals surface area contributed by atoms with E-state index in [1.807, 2.05) is 6.07 Å². The molecule has 0 unspecified atom stereocenters.